The maximum absolute atomic E-state index is 12.7. The number of nitrogens with zero attached hydrogens (tertiary/aromatic N) is 4. The number of fused-ring (bicyclic) bond motifs is 1. The number of hydrogen-bond acceptors (Lipinski definition) is 5. The summed E-state index contributed by atoms with van der Waals surface area (Å²) in [5.41, 5.74) is 7.34. The zero-order valence-electron chi connectivity index (χ0n) is 13.6. The number of carbonyl (C=O) groups excluding carboxylic acids is 1. The second-order valence-corrected chi connectivity index (χ2v) is 6.82. The van der Waals surface area contributed by atoms with E-state index in [0.717, 1.165) is 19.4 Å². The molecule has 25 heavy (non-hydrogen) atoms. The van der Waals surface area contributed by atoms with Gasteiger partial charge in [-0.1, -0.05) is 0 Å². The Morgan fingerprint density at radius 1 is 1.24 bits per heavy atom. The Balaban J connectivity index is 1.49. The molecule has 130 valence electrons. The summed E-state index contributed by atoms with van der Waals surface area (Å²) in [5.74, 6) is 0.895. The summed E-state index contributed by atoms with van der Waals surface area (Å²) in [6.07, 6.45) is 5.35. The molecule has 0 bridgehead atoms. The van der Waals surface area contributed by atoms with Gasteiger partial charge in [0.15, 0.2) is 0 Å². The number of amides is 1. The Morgan fingerprint density at radius 2 is 2.00 bits per heavy atom. The average Bonchev–Trinajstić information content (AvgIpc) is 3.32. The molecule has 1 aromatic carbocycles. The van der Waals surface area contributed by atoms with Crippen molar-refractivity contribution in [2.24, 2.45) is 17.6 Å². The zero-order chi connectivity index (χ0) is 17.6. The van der Waals surface area contributed by atoms with Gasteiger partial charge in [-0.2, -0.15) is 5.10 Å². The summed E-state index contributed by atoms with van der Waals surface area (Å²) in [5, 5.41) is 14.9. The molecule has 1 amide bonds. The van der Waals surface area contributed by atoms with Gasteiger partial charge in [0.2, 0.25) is 0 Å². The maximum atomic E-state index is 12.7. The fraction of sp³-hybridized carbons (Fsp3) is 0.412. The van der Waals surface area contributed by atoms with Gasteiger partial charge in [0.05, 0.1) is 22.4 Å². The molecule has 1 aliphatic carbocycles. The first-order chi connectivity index (χ1) is 12.0. The first-order valence-corrected chi connectivity index (χ1v) is 8.37. The summed E-state index contributed by atoms with van der Waals surface area (Å²) in [6, 6.07) is 6.26. The van der Waals surface area contributed by atoms with Crippen molar-refractivity contribution in [1.82, 2.24) is 14.7 Å². The Hall–Kier alpha value is -2.74. The van der Waals surface area contributed by atoms with Gasteiger partial charge in [0, 0.05) is 37.5 Å². The van der Waals surface area contributed by atoms with Crippen molar-refractivity contribution in [3.8, 4) is 5.69 Å². The monoisotopic (exact) mass is 341 g/mol. The number of nitro benzene ring substituents is 1. The smallest absolute Gasteiger partial charge is 0.269 e. The van der Waals surface area contributed by atoms with E-state index in [9.17, 15) is 14.9 Å². The minimum absolute atomic E-state index is 0.0205. The number of nitro groups is 1. The Kier molecular flexibility index (Phi) is 3.76. The molecule has 1 saturated carbocycles. The molecular formula is C17H19N5O3. The van der Waals surface area contributed by atoms with E-state index in [0.29, 0.717) is 29.6 Å². The maximum Gasteiger partial charge on any atom is 0.269 e. The molecule has 0 radical (unpaired) electrons. The van der Waals surface area contributed by atoms with Crippen LogP contribution in [-0.4, -0.2) is 44.6 Å². The lowest BCUT2D eigenvalue weighted by Crippen LogP contribution is -2.33. The van der Waals surface area contributed by atoms with Crippen LogP contribution in [0.3, 0.4) is 0 Å². The molecule has 8 nitrogen and oxygen atoms in total. The van der Waals surface area contributed by atoms with Crippen LogP contribution in [0.1, 0.15) is 23.2 Å². The number of likely N-dealkylation sites (tertiary alicyclic amines) is 1. The van der Waals surface area contributed by atoms with Gasteiger partial charge < -0.3 is 10.6 Å². The van der Waals surface area contributed by atoms with Crippen molar-refractivity contribution in [2.75, 3.05) is 13.1 Å². The Labute approximate surface area is 144 Å². The average molecular weight is 341 g/mol. The van der Waals surface area contributed by atoms with E-state index >= 15 is 0 Å². The van der Waals surface area contributed by atoms with Crippen LogP contribution in [0.2, 0.25) is 0 Å². The summed E-state index contributed by atoms with van der Waals surface area (Å²) in [6.45, 7) is 1.48. The van der Waals surface area contributed by atoms with E-state index in [1.54, 1.807) is 23.0 Å². The van der Waals surface area contributed by atoms with Gasteiger partial charge in [0.25, 0.3) is 11.6 Å². The third kappa shape index (κ3) is 2.78. The van der Waals surface area contributed by atoms with Crippen molar-refractivity contribution in [3.05, 3.63) is 52.3 Å². The largest absolute Gasteiger partial charge is 0.338 e. The quantitative estimate of drug-likeness (QED) is 0.674. The van der Waals surface area contributed by atoms with Gasteiger partial charge in [0.1, 0.15) is 0 Å². The predicted molar refractivity (Wildman–Crippen MR) is 90.3 cm³/mol. The number of nitrogens with two attached hydrogens (primary N) is 1. The first kappa shape index (κ1) is 15.8. The highest BCUT2D eigenvalue weighted by molar-refractivity contribution is 5.94. The van der Waals surface area contributed by atoms with Crippen LogP contribution in [0.25, 0.3) is 5.69 Å². The summed E-state index contributed by atoms with van der Waals surface area (Å²) in [4.78, 5) is 24.9. The SMILES string of the molecule is NC1CCC2CN(C(=O)c3cnn(-c4ccc([N+](=O)[O-])cc4)c3)CC12. The Bertz CT molecular complexity index is 816. The molecule has 3 atom stereocenters. The second-order valence-electron chi connectivity index (χ2n) is 6.82. The number of carbonyl (C=O) groups is 1. The molecule has 8 heteroatoms. The minimum atomic E-state index is -0.448. The highest BCUT2D eigenvalue weighted by Gasteiger charge is 2.42. The highest BCUT2D eigenvalue weighted by Crippen LogP contribution is 2.37. The van der Waals surface area contributed by atoms with Crippen molar-refractivity contribution >= 4 is 11.6 Å². The van der Waals surface area contributed by atoms with Gasteiger partial charge in [-0.25, -0.2) is 4.68 Å². The topological polar surface area (TPSA) is 107 Å². The van der Waals surface area contributed by atoms with Crippen LogP contribution in [0.4, 0.5) is 5.69 Å². The van der Waals surface area contributed by atoms with Crippen molar-refractivity contribution in [1.29, 1.82) is 0 Å². The molecule has 2 aliphatic rings. The minimum Gasteiger partial charge on any atom is -0.338 e. The van der Waals surface area contributed by atoms with Crippen LogP contribution in [0.15, 0.2) is 36.7 Å². The fourth-order valence-electron chi connectivity index (χ4n) is 3.96. The van der Waals surface area contributed by atoms with Crippen LogP contribution in [0, 0.1) is 22.0 Å². The molecule has 2 fully saturated rings. The number of rotatable bonds is 3. The second kappa shape index (κ2) is 5.96. The van der Waals surface area contributed by atoms with Crippen LogP contribution >= 0.6 is 0 Å². The third-order valence-corrected chi connectivity index (χ3v) is 5.35. The van der Waals surface area contributed by atoms with E-state index in [4.69, 9.17) is 5.73 Å². The molecule has 4 rings (SSSR count). The lowest BCUT2D eigenvalue weighted by Gasteiger charge is -2.17. The van der Waals surface area contributed by atoms with E-state index in [2.05, 4.69) is 5.10 Å². The fourth-order valence-corrected chi connectivity index (χ4v) is 3.96. The number of aromatic nitrogens is 2. The van der Waals surface area contributed by atoms with E-state index in [1.807, 2.05) is 4.90 Å². The molecule has 2 aromatic rings. The van der Waals surface area contributed by atoms with Crippen molar-refractivity contribution < 1.29 is 9.72 Å². The third-order valence-electron chi connectivity index (χ3n) is 5.35. The van der Waals surface area contributed by atoms with Crippen LogP contribution < -0.4 is 5.73 Å². The molecule has 2 heterocycles. The first-order valence-electron chi connectivity index (χ1n) is 8.37. The highest BCUT2D eigenvalue weighted by atomic mass is 16.6. The summed E-state index contributed by atoms with van der Waals surface area (Å²) < 4.78 is 1.56. The van der Waals surface area contributed by atoms with E-state index in [-0.39, 0.29) is 17.6 Å². The summed E-state index contributed by atoms with van der Waals surface area (Å²) in [7, 11) is 0. The number of hydrogen-bond donors (Lipinski definition) is 1. The van der Waals surface area contributed by atoms with E-state index < -0.39 is 4.92 Å². The predicted octanol–water partition coefficient (Wildman–Crippen LogP) is 1.59. The van der Waals surface area contributed by atoms with Gasteiger partial charge in [-0.05, 0) is 36.8 Å². The van der Waals surface area contributed by atoms with Gasteiger partial charge >= 0.3 is 0 Å². The molecule has 3 unspecified atom stereocenters. The summed E-state index contributed by atoms with van der Waals surface area (Å²) >= 11 is 0. The van der Waals surface area contributed by atoms with Crippen molar-refractivity contribution in [3.63, 3.8) is 0 Å². The lowest BCUT2D eigenvalue weighted by molar-refractivity contribution is -0.384. The molecule has 1 aromatic heterocycles. The lowest BCUT2D eigenvalue weighted by atomic mass is 9.98. The Morgan fingerprint density at radius 3 is 2.68 bits per heavy atom. The van der Waals surface area contributed by atoms with Crippen LogP contribution in [-0.2, 0) is 0 Å². The normalized spacial score (nSPS) is 25.2. The van der Waals surface area contributed by atoms with Crippen LogP contribution in [0.5, 0.6) is 0 Å². The number of non-ortho nitro benzene ring substituents is 1. The van der Waals surface area contributed by atoms with E-state index in [1.165, 1.54) is 18.3 Å². The molecule has 0 spiro atoms. The van der Waals surface area contributed by atoms with Gasteiger partial charge in [-0.15, -0.1) is 0 Å². The molecular weight excluding hydrogens is 322 g/mol. The molecule has 1 aliphatic heterocycles. The van der Waals surface area contributed by atoms with Crippen molar-refractivity contribution in [2.45, 2.75) is 18.9 Å². The standard InChI is InChI=1S/C17H19N5O3/c18-16-6-1-11-8-20(10-15(11)16)17(23)12-7-19-21(9-12)13-2-4-14(5-3-13)22(24)25/h2-5,7,9,11,15-16H,1,6,8,10,18H2. The molecule has 2 N–H and O–H groups in total. The molecule has 1 saturated heterocycles. The van der Waals surface area contributed by atoms with Gasteiger partial charge in [-0.3, -0.25) is 14.9 Å². The number of benzene rings is 1. The zero-order valence-corrected chi connectivity index (χ0v) is 13.6.